The molecular weight excluding hydrogens is 434 g/mol. The third-order valence-electron chi connectivity index (χ3n) is 7.04. The SMILES string of the molecule is Cc1ccc2sc3cc4c(cc3c2c1)oc1ccc(-n2c3ccccc3c3ccccc32)cc14. The number of furan rings is 1. The number of hydrogen-bond donors (Lipinski definition) is 0. The molecule has 8 aromatic rings. The predicted octanol–water partition coefficient (Wildman–Crippen LogP) is 9.36. The summed E-state index contributed by atoms with van der Waals surface area (Å²) in [7, 11) is 0. The molecule has 34 heavy (non-hydrogen) atoms. The molecule has 0 bridgehead atoms. The molecule has 0 saturated carbocycles. The van der Waals surface area contributed by atoms with Crippen molar-refractivity contribution in [3.05, 3.63) is 103 Å². The van der Waals surface area contributed by atoms with Gasteiger partial charge in [0.05, 0.1) is 11.0 Å². The Bertz CT molecular complexity index is 2030. The summed E-state index contributed by atoms with van der Waals surface area (Å²) in [4.78, 5) is 0. The van der Waals surface area contributed by atoms with Gasteiger partial charge in [-0.1, -0.05) is 48.0 Å². The van der Waals surface area contributed by atoms with Crippen LogP contribution in [0.2, 0.25) is 0 Å². The molecule has 0 aliphatic rings. The van der Waals surface area contributed by atoms with Gasteiger partial charge in [-0.25, -0.2) is 0 Å². The maximum atomic E-state index is 6.35. The van der Waals surface area contributed by atoms with Gasteiger partial charge in [-0.3, -0.25) is 0 Å². The van der Waals surface area contributed by atoms with Crippen molar-refractivity contribution in [1.29, 1.82) is 0 Å². The average Bonchev–Trinajstić information content (AvgIpc) is 3.51. The number of thiophene rings is 1. The molecule has 0 N–H and O–H groups in total. The lowest BCUT2D eigenvalue weighted by atomic mass is 10.1. The van der Waals surface area contributed by atoms with Gasteiger partial charge in [-0.2, -0.15) is 0 Å². The molecule has 0 spiro atoms. The van der Waals surface area contributed by atoms with E-state index >= 15 is 0 Å². The van der Waals surface area contributed by atoms with Gasteiger partial charge in [0.2, 0.25) is 0 Å². The molecule has 0 amide bonds. The van der Waals surface area contributed by atoms with Crippen molar-refractivity contribution < 1.29 is 4.42 Å². The number of hydrogen-bond acceptors (Lipinski definition) is 2. The summed E-state index contributed by atoms with van der Waals surface area (Å²) in [5.41, 5.74) is 6.75. The number of rotatable bonds is 1. The van der Waals surface area contributed by atoms with Gasteiger partial charge >= 0.3 is 0 Å². The molecule has 0 aliphatic carbocycles. The Hall–Kier alpha value is -4.08. The lowest BCUT2D eigenvalue weighted by molar-refractivity contribution is 0.669. The number of para-hydroxylation sites is 2. The minimum absolute atomic E-state index is 0.928. The van der Waals surface area contributed by atoms with Crippen LogP contribution < -0.4 is 0 Å². The fourth-order valence-electron chi connectivity index (χ4n) is 5.49. The maximum absolute atomic E-state index is 6.35. The highest BCUT2D eigenvalue weighted by Crippen LogP contribution is 2.41. The Morgan fingerprint density at radius 1 is 0.559 bits per heavy atom. The van der Waals surface area contributed by atoms with E-state index in [2.05, 4.69) is 109 Å². The fraction of sp³-hybridized carbons (Fsp3) is 0.0323. The number of benzene rings is 5. The van der Waals surface area contributed by atoms with Crippen LogP contribution in [0, 0.1) is 6.92 Å². The van der Waals surface area contributed by atoms with Crippen molar-refractivity contribution in [2.45, 2.75) is 6.92 Å². The van der Waals surface area contributed by atoms with Crippen LogP contribution in [0.25, 0.3) is 69.6 Å². The van der Waals surface area contributed by atoms with Crippen LogP contribution in [-0.4, -0.2) is 4.57 Å². The molecule has 3 aromatic heterocycles. The van der Waals surface area contributed by atoms with E-state index in [9.17, 15) is 0 Å². The zero-order valence-corrected chi connectivity index (χ0v) is 19.3. The summed E-state index contributed by atoms with van der Waals surface area (Å²) in [6.07, 6.45) is 0. The second kappa shape index (κ2) is 6.49. The summed E-state index contributed by atoms with van der Waals surface area (Å²) in [6, 6.07) is 35.1. The monoisotopic (exact) mass is 453 g/mol. The molecule has 2 nitrogen and oxygen atoms in total. The van der Waals surface area contributed by atoms with Gasteiger partial charge in [0, 0.05) is 47.4 Å². The molecule has 0 fully saturated rings. The van der Waals surface area contributed by atoms with Crippen LogP contribution >= 0.6 is 11.3 Å². The number of aromatic nitrogens is 1. The number of fused-ring (bicyclic) bond motifs is 9. The van der Waals surface area contributed by atoms with Crippen LogP contribution in [0.3, 0.4) is 0 Å². The Balaban J connectivity index is 1.44. The molecular formula is C31H19NOS. The largest absolute Gasteiger partial charge is 0.456 e. The summed E-state index contributed by atoms with van der Waals surface area (Å²) in [5.74, 6) is 0. The molecule has 160 valence electrons. The van der Waals surface area contributed by atoms with E-state index in [0.717, 1.165) is 22.2 Å². The van der Waals surface area contributed by atoms with E-state index in [1.54, 1.807) is 0 Å². The predicted molar refractivity (Wildman–Crippen MR) is 146 cm³/mol. The topological polar surface area (TPSA) is 18.1 Å². The fourth-order valence-corrected chi connectivity index (χ4v) is 6.59. The van der Waals surface area contributed by atoms with Gasteiger partial charge in [0.1, 0.15) is 11.2 Å². The Morgan fingerprint density at radius 2 is 1.26 bits per heavy atom. The lowest BCUT2D eigenvalue weighted by Gasteiger charge is -2.07. The molecule has 0 radical (unpaired) electrons. The second-order valence-electron chi connectivity index (χ2n) is 9.10. The van der Waals surface area contributed by atoms with Crippen molar-refractivity contribution in [2.24, 2.45) is 0 Å². The normalized spacial score (nSPS) is 12.3. The Morgan fingerprint density at radius 3 is 2.06 bits per heavy atom. The van der Waals surface area contributed by atoms with Crippen molar-refractivity contribution in [3.8, 4) is 5.69 Å². The van der Waals surface area contributed by atoms with Gasteiger partial charge in [-0.15, -0.1) is 11.3 Å². The van der Waals surface area contributed by atoms with E-state index in [1.807, 2.05) is 11.3 Å². The highest BCUT2D eigenvalue weighted by atomic mass is 32.1. The van der Waals surface area contributed by atoms with Crippen molar-refractivity contribution in [1.82, 2.24) is 4.57 Å². The molecule has 5 aromatic carbocycles. The van der Waals surface area contributed by atoms with Crippen LogP contribution in [0.1, 0.15) is 5.56 Å². The Kier molecular flexibility index (Phi) is 3.51. The molecule has 0 atom stereocenters. The number of aryl methyl sites for hydroxylation is 1. The standard InChI is InChI=1S/C31H19NOS/c1-18-10-13-30-24(14-18)25-16-29-23(17-31(25)34-30)22-15-19(11-12-28(22)33-29)32-26-8-4-2-6-20(26)21-7-3-5-9-27(21)32/h2-17H,1H3. The summed E-state index contributed by atoms with van der Waals surface area (Å²) >= 11 is 1.86. The molecule has 0 saturated heterocycles. The van der Waals surface area contributed by atoms with E-state index in [-0.39, 0.29) is 0 Å². The van der Waals surface area contributed by atoms with E-state index in [1.165, 1.54) is 52.9 Å². The first-order valence-corrected chi connectivity index (χ1v) is 12.3. The third kappa shape index (κ3) is 2.39. The highest BCUT2D eigenvalue weighted by Gasteiger charge is 2.15. The van der Waals surface area contributed by atoms with Crippen LogP contribution in [0.15, 0.2) is 101 Å². The molecule has 3 heteroatoms. The first-order valence-electron chi connectivity index (χ1n) is 11.5. The maximum Gasteiger partial charge on any atom is 0.136 e. The van der Waals surface area contributed by atoms with Gasteiger partial charge in [0.15, 0.2) is 0 Å². The highest BCUT2D eigenvalue weighted by molar-refractivity contribution is 7.25. The first kappa shape index (κ1) is 18.4. The van der Waals surface area contributed by atoms with E-state index in [4.69, 9.17) is 4.42 Å². The molecule has 8 rings (SSSR count). The quantitative estimate of drug-likeness (QED) is 0.242. The zero-order chi connectivity index (χ0) is 22.4. The van der Waals surface area contributed by atoms with Crippen LogP contribution in [0.4, 0.5) is 0 Å². The average molecular weight is 454 g/mol. The van der Waals surface area contributed by atoms with Gasteiger partial charge < -0.3 is 8.98 Å². The minimum atomic E-state index is 0.928. The van der Waals surface area contributed by atoms with Crippen LogP contribution in [0.5, 0.6) is 0 Å². The first-order chi connectivity index (χ1) is 16.7. The smallest absolute Gasteiger partial charge is 0.136 e. The van der Waals surface area contributed by atoms with Crippen molar-refractivity contribution in [2.75, 3.05) is 0 Å². The van der Waals surface area contributed by atoms with Crippen molar-refractivity contribution >= 4 is 75.3 Å². The molecule has 0 unspecified atom stereocenters. The summed E-state index contributed by atoms with van der Waals surface area (Å²) < 4.78 is 11.3. The number of nitrogens with zero attached hydrogens (tertiary/aromatic N) is 1. The van der Waals surface area contributed by atoms with Crippen LogP contribution in [-0.2, 0) is 0 Å². The van der Waals surface area contributed by atoms with Crippen molar-refractivity contribution in [3.63, 3.8) is 0 Å². The Labute approximate surface area is 199 Å². The van der Waals surface area contributed by atoms with E-state index in [0.29, 0.717) is 0 Å². The van der Waals surface area contributed by atoms with E-state index < -0.39 is 0 Å². The minimum Gasteiger partial charge on any atom is -0.456 e. The second-order valence-corrected chi connectivity index (χ2v) is 10.2. The van der Waals surface area contributed by atoms with Gasteiger partial charge in [-0.05, 0) is 61.5 Å². The lowest BCUT2D eigenvalue weighted by Crippen LogP contribution is -1.93. The molecule has 3 heterocycles. The molecule has 0 aliphatic heterocycles. The third-order valence-corrected chi connectivity index (χ3v) is 8.17. The summed E-state index contributed by atoms with van der Waals surface area (Å²) in [5, 5.41) is 7.47. The van der Waals surface area contributed by atoms with Gasteiger partial charge in [0.25, 0.3) is 0 Å². The zero-order valence-electron chi connectivity index (χ0n) is 18.5. The summed E-state index contributed by atoms with van der Waals surface area (Å²) in [6.45, 7) is 2.15.